The summed E-state index contributed by atoms with van der Waals surface area (Å²) in [6, 6.07) is 11.4. The molecule has 0 aliphatic carbocycles. The lowest BCUT2D eigenvalue weighted by molar-refractivity contribution is 0.315. The van der Waals surface area contributed by atoms with Gasteiger partial charge in [0.05, 0.1) is 24.3 Å². The van der Waals surface area contributed by atoms with Crippen LogP contribution in [0.15, 0.2) is 46.4 Å². The zero-order valence-corrected chi connectivity index (χ0v) is 18.0. The van der Waals surface area contributed by atoms with Gasteiger partial charge in [-0.15, -0.1) is 0 Å². The Labute approximate surface area is 184 Å². The van der Waals surface area contributed by atoms with Crippen molar-refractivity contribution in [3.8, 4) is 11.5 Å². The number of ether oxygens (including phenoxy) is 4. The van der Waals surface area contributed by atoms with E-state index in [0.717, 1.165) is 11.1 Å². The molecule has 0 fully saturated rings. The lowest BCUT2D eigenvalue weighted by Crippen LogP contribution is -2.10. The summed E-state index contributed by atoms with van der Waals surface area (Å²) in [5.41, 5.74) is 12.8. The fourth-order valence-corrected chi connectivity index (χ4v) is 3.44. The van der Waals surface area contributed by atoms with Crippen LogP contribution < -0.4 is 20.9 Å². The van der Waals surface area contributed by atoms with Gasteiger partial charge in [0, 0.05) is 0 Å². The summed E-state index contributed by atoms with van der Waals surface area (Å²) in [5.74, 6) is 1.30. The Hall–Kier alpha value is -2.84. The summed E-state index contributed by atoms with van der Waals surface area (Å²) in [6.45, 7) is 0.934. The molecule has 2 aliphatic rings. The molecule has 10 heteroatoms. The van der Waals surface area contributed by atoms with E-state index in [0.29, 0.717) is 34.8 Å². The highest BCUT2D eigenvalue weighted by molar-refractivity contribution is 6.32. The van der Waals surface area contributed by atoms with E-state index in [4.69, 9.17) is 53.6 Å². The van der Waals surface area contributed by atoms with E-state index in [2.05, 4.69) is 9.98 Å². The van der Waals surface area contributed by atoms with Crippen LogP contribution in [0.5, 0.6) is 11.5 Å². The van der Waals surface area contributed by atoms with Crippen molar-refractivity contribution >= 4 is 35.2 Å². The summed E-state index contributed by atoms with van der Waals surface area (Å²) < 4.78 is 20.3. The maximum absolute atomic E-state index is 6.00. The first-order valence-electron chi connectivity index (χ1n) is 9.00. The third-order valence-electron chi connectivity index (χ3n) is 4.47. The molecule has 0 saturated heterocycles. The zero-order chi connectivity index (χ0) is 21.7. The standard InChI is InChI=1S/2C10H11ClN2O2/c2*1-14-9-3-2-6(4-7(9)11)8-5-15-10(12)13-8/h2*2-4,8H,5H2,1H3,(H2,12,13)/t8-;/m1./s1. The van der Waals surface area contributed by atoms with Gasteiger partial charge in [0.15, 0.2) is 0 Å². The van der Waals surface area contributed by atoms with Crippen LogP contribution >= 0.6 is 23.2 Å². The second-order valence-electron chi connectivity index (χ2n) is 6.38. The minimum absolute atomic E-state index is 0.0617. The molecule has 4 rings (SSSR count). The predicted octanol–water partition coefficient (Wildman–Crippen LogP) is 3.47. The fraction of sp³-hybridized carbons (Fsp3) is 0.300. The highest BCUT2D eigenvalue weighted by Crippen LogP contribution is 2.31. The van der Waals surface area contributed by atoms with Gasteiger partial charge in [-0.25, -0.2) is 9.98 Å². The molecule has 30 heavy (non-hydrogen) atoms. The van der Waals surface area contributed by atoms with Crippen LogP contribution in [0.25, 0.3) is 0 Å². The summed E-state index contributed by atoms with van der Waals surface area (Å²) >= 11 is 12.0. The number of rotatable bonds is 4. The number of hydrogen-bond acceptors (Lipinski definition) is 8. The number of nitrogens with zero attached hydrogens (tertiary/aromatic N) is 2. The van der Waals surface area contributed by atoms with E-state index in [9.17, 15) is 0 Å². The third-order valence-corrected chi connectivity index (χ3v) is 5.06. The molecule has 0 saturated carbocycles. The Morgan fingerprint density at radius 1 is 0.800 bits per heavy atom. The van der Waals surface area contributed by atoms with E-state index >= 15 is 0 Å². The van der Waals surface area contributed by atoms with Crippen molar-refractivity contribution < 1.29 is 18.9 Å². The molecular formula is C20H22Cl2N4O4. The molecule has 0 aromatic heterocycles. The molecule has 0 amide bonds. The van der Waals surface area contributed by atoms with Gasteiger partial charge in [-0.3, -0.25) is 0 Å². The van der Waals surface area contributed by atoms with Crippen molar-refractivity contribution in [3.63, 3.8) is 0 Å². The van der Waals surface area contributed by atoms with Gasteiger partial charge in [-0.2, -0.15) is 0 Å². The molecule has 0 radical (unpaired) electrons. The summed E-state index contributed by atoms with van der Waals surface area (Å²) in [5, 5.41) is 1.13. The van der Waals surface area contributed by atoms with E-state index in [1.165, 1.54) is 0 Å². The molecule has 4 N–H and O–H groups in total. The van der Waals surface area contributed by atoms with Crippen molar-refractivity contribution in [2.24, 2.45) is 21.5 Å². The average molecular weight is 453 g/mol. The van der Waals surface area contributed by atoms with Crippen LogP contribution in [0.1, 0.15) is 23.2 Å². The normalized spacial score (nSPS) is 19.6. The second-order valence-corrected chi connectivity index (χ2v) is 7.19. The molecule has 2 atom stereocenters. The average Bonchev–Trinajstić information content (AvgIpc) is 3.37. The van der Waals surface area contributed by atoms with Gasteiger partial charge in [0.1, 0.15) is 36.8 Å². The van der Waals surface area contributed by atoms with Gasteiger partial charge in [-0.05, 0) is 35.4 Å². The molecule has 1 unspecified atom stereocenters. The lowest BCUT2D eigenvalue weighted by Gasteiger charge is -2.08. The van der Waals surface area contributed by atoms with E-state index in [1.54, 1.807) is 14.2 Å². The highest BCUT2D eigenvalue weighted by Gasteiger charge is 2.20. The van der Waals surface area contributed by atoms with Gasteiger partial charge in [0.25, 0.3) is 12.0 Å². The van der Waals surface area contributed by atoms with E-state index < -0.39 is 0 Å². The second kappa shape index (κ2) is 9.77. The maximum atomic E-state index is 6.00. The molecule has 8 nitrogen and oxygen atoms in total. The molecule has 2 aromatic rings. The lowest BCUT2D eigenvalue weighted by atomic mass is 10.1. The Bertz CT molecular complexity index is 890. The first-order valence-corrected chi connectivity index (χ1v) is 9.76. The van der Waals surface area contributed by atoms with Crippen LogP contribution in [0.3, 0.4) is 0 Å². The highest BCUT2D eigenvalue weighted by atomic mass is 35.5. The van der Waals surface area contributed by atoms with Crippen LogP contribution in [0, 0.1) is 0 Å². The predicted molar refractivity (Wildman–Crippen MR) is 117 cm³/mol. The number of halogens is 2. The molecule has 2 aliphatic heterocycles. The van der Waals surface area contributed by atoms with Crippen LogP contribution in [0.2, 0.25) is 10.0 Å². The number of hydrogen-bond donors (Lipinski definition) is 2. The first-order chi connectivity index (χ1) is 14.4. The topological polar surface area (TPSA) is 114 Å². The SMILES string of the molecule is COc1ccc(C2COC(N)=N2)cc1Cl.COc1ccc([C@H]2COC(N)=N2)cc1Cl. The van der Waals surface area contributed by atoms with Crippen LogP contribution in [-0.4, -0.2) is 39.5 Å². The van der Waals surface area contributed by atoms with Crippen molar-refractivity contribution in [2.45, 2.75) is 12.1 Å². The minimum atomic E-state index is -0.0617. The number of aliphatic imine (C=N–C) groups is 2. The van der Waals surface area contributed by atoms with Crippen LogP contribution in [0.4, 0.5) is 0 Å². The maximum Gasteiger partial charge on any atom is 0.282 e. The smallest absolute Gasteiger partial charge is 0.282 e. The molecule has 160 valence electrons. The molecular weight excluding hydrogens is 431 g/mol. The fourth-order valence-electron chi connectivity index (χ4n) is 2.91. The van der Waals surface area contributed by atoms with Gasteiger partial charge in [0.2, 0.25) is 0 Å². The monoisotopic (exact) mass is 452 g/mol. The number of methoxy groups -OCH3 is 2. The number of benzene rings is 2. The molecule has 2 heterocycles. The first kappa shape index (κ1) is 21.9. The van der Waals surface area contributed by atoms with Crippen LogP contribution in [-0.2, 0) is 9.47 Å². The van der Waals surface area contributed by atoms with E-state index in [1.807, 2.05) is 36.4 Å². The van der Waals surface area contributed by atoms with Gasteiger partial charge < -0.3 is 30.4 Å². The Balaban J connectivity index is 0.000000171. The Morgan fingerprint density at radius 2 is 1.20 bits per heavy atom. The van der Waals surface area contributed by atoms with Crippen molar-refractivity contribution in [3.05, 3.63) is 57.6 Å². The quantitative estimate of drug-likeness (QED) is 0.733. The largest absolute Gasteiger partial charge is 0.495 e. The Kier molecular flexibility index (Phi) is 7.12. The molecule has 0 spiro atoms. The third kappa shape index (κ3) is 5.20. The molecule has 2 aromatic carbocycles. The molecule has 0 bridgehead atoms. The Morgan fingerprint density at radius 3 is 1.47 bits per heavy atom. The zero-order valence-electron chi connectivity index (χ0n) is 16.5. The van der Waals surface area contributed by atoms with Crippen molar-refractivity contribution in [1.82, 2.24) is 0 Å². The van der Waals surface area contributed by atoms with E-state index in [-0.39, 0.29) is 24.1 Å². The minimum Gasteiger partial charge on any atom is -0.495 e. The summed E-state index contributed by atoms with van der Waals surface area (Å²) in [7, 11) is 3.16. The van der Waals surface area contributed by atoms with Crippen molar-refractivity contribution in [2.75, 3.05) is 27.4 Å². The summed E-state index contributed by atoms with van der Waals surface area (Å²) in [6.07, 6.45) is 0. The number of nitrogens with two attached hydrogens (primary N) is 2. The van der Waals surface area contributed by atoms with Gasteiger partial charge >= 0.3 is 0 Å². The van der Waals surface area contributed by atoms with Gasteiger partial charge in [-0.1, -0.05) is 35.3 Å². The van der Waals surface area contributed by atoms with Crippen molar-refractivity contribution in [1.29, 1.82) is 0 Å². The summed E-state index contributed by atoms with van der Waals surface area (Å²) in [4.78, 5) is 8.26. The number of amidine groups is 2.